The molecule has 4 nitrogen and oxygen atoms in total. The molecule has 1 aromatic carbocycles. The SMILES string of the molecule is O=c1[nH]c(Cl)c(F)c(=O)n1-c1ccc(Cl)cc1C(F)(F)F. The number of H-pyrrole nitrogens is 1. The molecule has 0 saturated heterocycles. The van der Waals surface area contributed by atoms with E-state index < -0.39 is 39.6 Å². The summed E-state index contributed by atoms with van der Waals surface area (Å²) >= 11 is 10.7. The first-order valence-electron chi connectivity index (χ1n) is 5.20. The van der Waals surface area contributed by atoms with E-state index in [1.54, 1.807) is 4.98 Å². The molecule has 0 radical (unpaired) electrons. The van der Waals surface area contributed by atoms with Gasteiger partial charge in [0.15, 0.2) is 5.15 Å². The Morgan fingerprint density at radius 1 is 1.14 bits per heavy atom. The van der Waals surface area contributed by atoms with Crippen molar-refractivity contribution >= 4 is 23.2 Å². The van der Waals surface area contributed by atoms with Gasteiger partial charge in [-0.15, -0.1) is 0 Å². The third-order valence-corrected chi connectivity index (χ3v) is 3.00. The fourth-order valence-electron chi connectivity index (χ4n) is 1.64. The van der Waals surface area contributed by atoms with Crippen LogP contribution in [0.5, 0.6) is 0 Å². The normalized spacial score (nSPS) is 11.7. The Bertz CT molecular complexity index is 826. The third kappa shape index (κ3) is 2.81. The maximum atomic E-state index is 13.4. The molecule has 21 heavy (non-hydrogen) atoms. The molecule has 10 heteroatoms. The van der Waals surface area contributed by atoms with Crippen LogP contribution in [0, 0.1) is 5.82 Å². The van der Waals surface area contributed by atoms with E-state index in [4.69, 9.17) is 23.2 Å². The summed E-state index contributed by atoms with van der Waals surface area (Å²) in [6, 6.07) is 2.34. The molecular weight excluding hydrogens is 339 g/mol. The van der Waals surface area contributed by atoms with Gasteiger partial charge in [-0.05, 0) is 18.2 Å². The van der Waals surface area contributed by atoms with Gasteiger partial charge < -0.3 is 0 Å². The minimum atomic E-state index is -4.90. The van der Waals surface area contributed by atoms with E-state index in [0.717, 1.165) is 12.1 Å². The van der Waals surface area contributed by atoms with E-state index in [-0.39, 0.29) is 9.59 Å². The molecule has 2 aromatic rings. The lowest BCUT2D eigenvalue weighted by Crippen LogP contribution is -2.37. The highest BCUT2D eigenvalue weighted by Crippen LogP contribution is 2.34. The van der Waals surface area contributed by atoms with Crippen LogP contribution in [0.4, 0.5) is 17.6 Å². The minimum Gasteiger partial charge on any atom is -0.295 e. The molecule has 0 aliphatic heterocycles. The lowest BCUT2D eigenvalue weighted by molar-refractivity contribution is -0.137. The minimum absolute atomic E-state index is 0.000363. The molecule has 0 spiro atoms. The monoisotopic (exact) mass is 342 g/mol. The molecule has 112 valence electrons. The highest BCUT2D eigenvalue weighted by molar-refractivity contribution is 6.30. The van der Waals surface area contributed by atoms with E-state index in [1.807, 2.05) is 0 Å². The Morgan fingerprint density at radius 3 is 2.33 bits per heavy atom. The Balaban J connectivity index is 2.90. The molecule has 0 saturated carbocycles. The standard InChI is InChI=1S/C11H4Cl2F4N2O2/c12-4-1-2-6(5(3-4)11(15,16)17)19-9(20)7(14)8(13)18-10(19)21/h1-3H,(H,18,21). The smallest absolute Gasteiger partial charge is 0.295 e. The van der Waals surface area contributed by atoms with E-state index in [1.165, 1.54) is 0 Å². The first-order chi connectivity index (χ1) is 9.62. The predicted molar refractivity (Wildman–Crippen MR) is 67.6 cm³/mol. The van der Waals surface area contributed by atoms with Gasteiger partial charge >= 0.3 is 11.9 Å². The van der Waals surface area contributed by atoms with Crippen LogP contribution >= 0.6 is 23.2 Å². The number of hydrogen-bond donors (Lipinski definition) is 1. The molecule has 0 bridgehead atoms. The topological polar surface area (TPSA) is 54.9 Å². The summed E-state index contributed by atoms with van der Waals surface area (Å²) in [5.74, 6) is -1.57. The highest BCUT2D eigenvalue weighted by atomic mass is 35.5. The second kappa shape index (κ2) is 5.19. The van der Waals surface area contributed by atoms with E-state index in [0.29, 0.717) is 6.07 Å². The fourth-order valence-corrected chi connectivity index (χ4v) is 1.97. The van der Waals surface area contributed by atoms with Crippen LogP contribution in [0.2, 0.25) is 10.2 Å². The van der Waals surface area contributed by atoms with Crippen molar-refractivity contribution in [3.05, 3.63) is 60.6 Å². The van der Waals surface area contributed by atoms with Crippen molar-refractivity contribution in [2.75, 3.05) is 0 Å². The van der Waals surface area contributed by atoms with Crippen LogP contribution in [0.25, 0.3) is 5.69 Å². The number of aromatic nitrogens is 2. The number of nitrogens with zero attached hydrogens (tertiary/aromatic N) is 1. The quantitative estimate of drug-likeness (QED) is 0.639. The lowest BCUT2D eigenvalue weighted by Gasteiger charge is -2.14. The second-order valence-electron chi connectivity index (χ2n) is 3.86. The Labute approximate surface area is 123 Å². The Kier molecular flexibility index (Phi) is 3.85. The Morgan fingerprint density at radius 2 is 1.76 bits per heavy atom. The van der Waals surface area contributed by atoms with E-state index in [2.05, 4.69) is 0 Å². The number of hydrogen-bond acceptors (Lipinski definition) is 2. The van der Waals surface area contributed by atoms with Gasteiger partial charge in [0.25, 0.3) is 5.56 Å². The zero-order valence-electron chi connectivity index (χ0n) is 9.76. The summed E-state index contributed by atoms with van der Waals surface area (Å²) in [4.78, 5) is 25.0. The van der Waals surface area contributed by atoms with Crippen LogP contribution in [-0.4, -0.2) is 9.55 Å². The summed E-state index contributed by atoms with van der Waals surface area (Å²) < 4.78 is 52.3. The molecule has 0 aliphatic carbocycles. The number of alkyl halides is 3. The zero-order valence-corrected chi connectivity index (χ0v) is 11.3. The summed E-state index contributed by atoms with van der Waals surface area (Å²) in [5, 5.41) is -1.14. The van der Waals surface area contributed by atoms with Crippen molar-refractivity contribution in [2.24, 2.45) is 0 Å². The maximum Gasteiger partial charge on any atom is 0.418 e. The number of rotatable bonds is 1. The largest absolute Gasteiger partial charge is 0.418 e. The van der Waals surface area contributed by atoms with E-state index >= 15 is 0 Å². The number of benzene rings is 1. The third-order valence-electron chi connectivity index (χ3n) is 2.51. The van der Waals surface area contributed by atoms with Crippen molar-refractivity contribution < 1.29 is 17.6 Å². The van der Waals surface area contributed by atoms with Crippen LogP contribution < -0.4 is 11.2 Å². The molecule has 0 unspecified atom stereocenters. The molecule has 2 rings (SSSR count). The van der Waals surface area contributed by atoms with Gasteiger partial charge in [0, 0.05) is 5.02 Å². The first-order valence-corrected chi connectivity index (χ1v) is 5.96. The lowest BCUT2D eigenvalue weighted by atomic mass is 10.1. The van der Waals surface area contributed by atoms with Gasteiger partial charge in [0.1, 0.15) is 0 Å². The van der Waals surface area contributed by atoms with E-state index in [9.17, 15) is 27.2 Å². The number of halogens is 6. The molecule has 0 atom stereocenters. The summed E-state index contributed by atoms with van der Waals surface area (Å²) in [6.07, 6.45) is -4.90. The van der Waals surface area contributed by atoms with Crippen LogP contribution in [-0.2, 0) is 6.18 Å². The summed E-state index contributed by atoms with van der Waals surface area (Å²) in [7, 11) is 0. The molecule has 1 N–H and O–H groups in total. The molecular formula is C11H4Cl2F4N2O2. The number of nitrogens with one attached hydrogen (secondary N) is 1. The summed E-state index contributed by atoms with van der Waals surface area (Å²) in [6.45, 7) is 0. The van der Waals surface area contributed by atoms with Gasteiger partial charge in [-0.25, -0.2) is 9.36 Å². The number of aromatic amines is 1. The molecule has 0 amide bonds. The van der Waals surface area contributed by atoms with Crippen molar-refractivity contribution in [2.45, 2.75) is 6.18 Å². The average Bonchev–Trinajstić information content (AvgIpc) is 2.36. The Hall–Kier alpha value is -1.80. The zero-order chi connectivity index (χ0) is 15.9. The molecule has 1 heterocycles. The highest BCUT2D eigenvalue weighted by Gasteiger charge is 2.35. The average molecular weight is 343 g/mol. The van der Waals surface area contributed by atoms with Crippen molar-refractivity contribution in [3.8, 4) is 5.69 Å². The van der Waals surface area contributed by atoms with Gasteiger partial charge in [-0.1, -0.05) is 23.2 Å². The predicted octanol–water partition coefficient (Wildman–Crippen LogP) is 2.99. The van der Waals surface area contributed by atoms with Crippen LogP contribution in [0.3, 0.4) is 0 Å². The van der Waals surface area contributed by atoms with Crippen LogP contribution in [0.15, 0.2) is 27.8 Å². The van der Waals surface area contributed by atoms with Gasteiger partial charge in [-0.2, -0.15) is 17.6 Å². The van der Waals surface area contributed by atoms with Crippen molar-refractivity contribution in [1.82, 2.24) is 9.55 Å². The maximum absolute atomic E-state index is 13.4. The molecule has 1 aromatic heterocycles. The molecule has 0 aliphatic rings. The van der Waals surface area contributed by atoms with Gasteiger partial charge in [0.2, 0.25) is 5.82 Å². The van der Waals surface area contributed by atoms with Crippen LogP contribution in [0.1, 0.15) is 5.56 Å². The summed E-state index contributed by atoms with van der Waals surface area (Å²) in [5.41, 5.74) is -5.12. The molecule has 0 fully saturated rings. The van der Waals surface area contributed by atoms with Gasteiger partial charge in [-0.3, -0.25) is 9.78 Å². The second-order valence-corrected chi connectivity index (χ2v) is 4.67. The van der Waals surface area contributed by atoms with Crippen molar-refractivity contribution in [3.63, 3.8) is 0 Å². The fraction of sp³-hybridized carbons (Fsp3) is 0.0909. The van der Waals surface area contributed by atoms with Crippen molar-refractivity contribution in [1.29, 1.82) is 0 Å². The van der Waals surface area contributed by atoms with Gasteiger partial charge in [0.05, 0.1) is 11.3 Å². The first kappa shape index (κ1) is 15.6.